The predicted octanol–water partition coefficient (Wildman–Crippen LogP) is 1.79. The second kappa shape index (κ2) is 5.64. The fourth-order valence-electron chi connectivity index (χ4n) is 1.59. The Balaban J connectivity index is 2.32. The van der Waals surface area contributed by atoms with Gasteiger partial charge in [-0.3, -0.25) is 4.72 Å². The lowest BCUT2D eigenvalue weighted by atomic mass is 10.3. The van der Waals surface area contributed by atoms with E-state index < -0.39 is 20.0 Å². The molecule has 0 aliphatic carbocycles. The Morgan fingerprint density at radius 3 is 2.00 bits per heavy atom. The summed E-state index contributed by atoms with van der Waals surface area (Å²) in [7, 11) is -7.68. The molecular weight excluding hydrogens is 336 g/mol. The molecule has 0 aromatic heterocycles. The summed E-state index contributed by atoms with van der Waals surface area (Å²) in [5, 5.41) is 5.05. The van der Waals surface area contributed by atoms with Crippen molar-refractivity contribution in [1.29, 1.82) is 0 Å². The van der Waals surface area contributed by atoms with Gasteiger partial charge >= 0.3 is 0 Å². The minimum absolute atomic E-state index is 0.0674. The second-order valence-corrected chi connectivity index (χ2v) is 7.72. The Labute approximate surface area is 127 Å². The van der Waals surface area contributed by atoms with Crippen molar-refractivity contribution in [2.75, 3.05) is 4.72 Å². The van der Waals surface area contributed by atoms with Crippen molar-refractivity contribution in [2.24, 2.45) is 5.14 Å². The summed E-state index contributed by atoms with van der Waals surface area (Å²) in [6.45, 7) is 0. The molecule has 0 aliphatic heterocycles. The molecule has 0 bridgehead atoms. The van der Waals surface area contributed by atoms with Crippen LogP contribution in [0.2, 0.25) is 5.02 Å². The van der Waals surface area contributed by atoms with Crippen LogP contribution in [0.25, 0.3) is 0 Å². The molecule has 0 unspecified atom stereocenters. The lowest BCUT2D eigenvalue weighted by Gasteiger charge is -2.09. The van der Waals surface area contributed by atoms with Gasteiger partial charge in [-0.2, -0.15) is 0 Å². The number of halogens is 1. The van der Waals surface area contributed by atoms with E-state index in [0.29, 0.717) is 0 Å². The first-order valence-electron chi connectivity index (χ1n) is 5.60. The normalized spacial score (nSPS) is 12.1. The minimum atomic E-state index is -3.85. The summed E-state index contributed by atoms with van der Waals surface area (Å²) in [5.74, 6) is 0. The molecule has 0 fully saturated rings. The van der Waals surface area contributed by atoms with Gasteiger partial charge in [0.2, 0.25) is 10.0 Å². The topological polar surface area (TPSA) is 106 Å². The molecular formula is C12H11ClN2O4S2. The molecule has 0 radical (unpaired) electrons. The molecule has 9 heteroatoms. The van der Waals surface area contributed by atoms with Crippen molar-refractivity contribution >= 4 is 37.3 Å². The van der Waals surface area contributed by atoms with Gasteiger partial charge in [-0.1, -0.05) is 23.7 Å². The second-order valence-electron chi connectivity index (χ2n) is 4.11. The molecule has 21 heavy (non-hydrogen) atoms. The summed E-state index contributed by atoms with van der Waals surface area (Å²) in [6.07, 6.45) is 0. The first kappa shape index (κ1) is 15.8. The van der Waals surface area contributed by atoms with Crippen LogP contribution in [0.5, 0.6) is 0 Å². The molecule has 0 amide bonds. The van der Waals surface area contributed by atoms with Crippen LogP contribution in [0, 0.1) is 0 Å². The predicted molar refractivity (Wildman–Crippen MR) is 80.1 cm³/mol. The van der Waals surface area contributed by atoms with Crippen LogP contribution in [-0.4, -0.2) is 16.8 Å². The number of nitrogens with two attached hydrogens (primary N) is 1. The van der Waals surface area contributed by atoms with E-state index in [1.54, 1.807) is 12.1 Å². The fraction of sp³-hybridized carbons (Fsp3) is 0. The molecule has 0 saturated heterocycles. The third-order valence-electron chi connectivity index (χ3n) is 2.56. The molecule has 2 aromatic carbocycles. The van der Waals surface area contributed by atoms with Gasteiger partial charge in [-0.15, -0.1) is 0 Å². The Hall–Kier alpha value is -1.61. The average molecular weight is 347 g/mol. The van der Waals surface area contributed by atoms with Crippen LogP contribution >= 0.6 is 11.6 Å². The standard InChI is InChI=1S/C12H11ClN2O4S2/c13-11-3-1-2-4-12(11)21(18,19)15-9-5-7-10(8-6-9)20(14,16)17/h1-8,15H,(H2,14,16,17). The van der Waals surface area contributed by atoms with E-state index in [-0.39, 0.29) is 20.5 Å². The highest BCUT2D eigenvalue weighted by Gasteiger charge is 2.17. The zero-order valence-corrected chi connectivity index (χ0v) is 12.9. The molecule has 2 aromatic rings. The summed E-state index contributed by atoms with van der Waals surface area (Å²) < 4.78 is 48.9. The van der Waals surface area contributed by atoms with E-state index in [1.165, 1.54) is 36.4 Å². The number of rotatable bonds is 4. The van der Waals surface area contributed by atoms with Crippen LogP contribution < -0.4 is 9.86 Å². The number of benzene rings is 2. The van der Waals surface area contributed by atoms with Gasteiger partial charge in [0.1, 0.15) is 4.90 Å². The van der Waals surface area contributed by atoms with E-state index in [1.807, 2.05) is 0 Å². The number of hydrogen-bond acceptors (Lipinski definition) is 4. The summed E-state index contributed by atoms with van der Waals surface area (Å²) in [4.78, 5) is -0.176. The smallest absolute Gasteiger partial charge is 0.263 e. The summed E-state index contributed by atoms with van der Waals surface area (Å²) in [6, 6.07) is 11.0. The van der Waals surface area contributed by atoms with Crippen LogP contribution in [0.15, 0.2) is 58.3 Å². The quantitative estimate of drug-likeness (QED) is 0.880. The Kier molecular flexibility index (Phi) is 4.24. The lowest BCUT2D eigenvalue weighted by Crippen LogP contribution is -2.14. The van der Waals surface area contributed by atoms with Gasteiger partial charge in [0.25, 0.3) is 10.0 Å². The van der Waals surface area contributed by atoms with Crippen molar-refractivity contribution in [3.05, 3.63) is 53.6 Å². The fourth-order valence-corrected chi connectivity index (χ4v) is 3.68. The van der Waals surface area contributed by atoms with Gasteiger partial charge in [-0.25, -0.2) is 22.0 Å². The Morgan fingerprint density at radius 1 is 0.905 bits per heavy atom. The van der Waals surface area contributed by atoms with E-state index in [2.05, 4.69) is 4.72 Å². The van der Waals surface area contributed by atoms with Crippen LogP contribution in [-0.2, 0) is 20.0 Å². The van der Waals surface area contributed by atoms with E-state index >= 15 is 0 Å². The molecule has 6 nitrogen and oxygen atoms in total. The highest BCUT2D eigenvalue weighted by atomic mass is 35.5. The molecule has 0 saturated carbocycles. The van der Waals surface area contributed by atoms with Crippen molar-refractivity contribution in [3.8, 4) is 0 Å². The Bertz CT molecular complexity index is 862. The first-order chi connectivity index (χ1) is 9.70. The lowest BCUT2D eigenvalue weighted by molar-refractivity contribution is 0.597. The highest BCUT2D eigenvalue weighted by molar-refractivity contribution is 7.92. The third-order valence-corrected chi connectivity index (χ3v) is 5.37. The van der Waals surface area contributed by atoms with E-state index in [0.717, 1.165) is 0 Å². The number of sulfonamides is 2. The Morgan fingerprint density at radius 2 is 1.48 bits per heavy atom. The number of primary sulfonamides is 1. The van der Waals surface area contributed by atoms with Crippen molar-refractivity contribution in [1.82, 2.24) is 0 Å². The van der Waals surface area contributed by atoms with Gasteiger partial charge in [0, 0.05) is 5.69 Å². The van der Waals surface area contributed by atoms with Crippen LogP contribution in [0.4, 0.5) is 5.69 Å². The largest absolute Gasteiger partial charge is 0.280 e. The molecule has 0 spiro atoms. The minimum Gasteiger partial charge on any atom is -0.280 e. The zero-order valence-electron chi connectivity index (χ0n) is 10.5. The summed E-state index contributed by atoms with van der Waals surface area (Å²) in [5.41, 5.74) is 0.197. The molecule has 3 N–H and O–H groups in total. The van der Waals surface area contributed by atoms with Gasteiger partial charge in [-0.05, 0) is 36.4 Å². The van der Waals surface area contributed by atoms with Crippen molar-refractivity contribution in [3.63, 3.8) is 0 Å². The molecule has 0 aliphatic rings. The SMILES string of the molecule is NS(=O)(=O)c1ccc(NS(=O)(=O)c2ccccc2Cl)cc1. The van der Waals surface area contributed by atoms with Crippen LogP contribution in [0.1, 0.15) is 0 Å². The number of nitrogens with one attached hydrogen (secondary N) is 1. The maximum absolute atomic E-state index is 12.2. The number of anilines is 1. The molecule has 112 valence electrons. The molecule has 0 atom stereocenters. The molecule has 2 rings (SSSR count). The maximum atomic E-state index is 12.2. The highest BCUT2D eigenvalue weighted by Crippen LogP contribution is 2.23. The molecule has 0 heterocycles. The third kappa shape index (κ3) is 3.73. The van der Waals surface area contributed by atoms with Crippen LogP contribution in [0.3, 0.4) is 0 Å². The van der Waals surface area contributed by atoms with Gasteiger partial charge in [0.15, 0.2) is 0 Å². The maximum Gasteiger partial charge on any atom is 0.263 e. The van der Waals surface area contributed by atoms with Crippen molar-refractivity contribution < 1.29 is 16.8 Å². The van der Waals surface area contributed by atoms with Gasteiger partial charge in [0.05, 0.1) is 9.92 Å². The van der Waals surface area contributed by atoms with Gasteiger partial charge < -0.3 is 0 Å². The van der Waals surface area contributed by atoms with E-state index in [4.69, 9.17) is 16.7 Å². The zero-order chi connectivity index (χ0) is 15.7. The monoisotopic (exact) mass is 346 g/mol. The summed E-state index contributed by atoms with van der Waals surface area (Å²) >= 11 is 5.85. The van der Waals surface area contributed by atoms with Crippen molar-refractivity contribution in [2.45, 2.75) is 9.79 Å². The van der Waals surface area contributed by atoms with E-state index in [9.17, 15) is 16.8 Å². The number of hydrogen-bond donors (Lipinski definition) is 2. The first-order valence-corrected chi connectivity index (χ1v) is 9.01. The average Bonchev–Trinajstić information content (AvgIpc) is 2.38.